The monoisotopic (exact) mass is 348 g/mol. The zero-order chi connectivity index (χ0) is 14.8. The van der Waals surface area contributed by atoms with Gasteiger partial charge in [-0.1, -0.05) is 13.8 Å². The largest absolute Gasteiger partial charge is 0.490 e. The molecule has 0 N–H and O–H groups in total. The highest BCUT2D eigenvalue weighted by molar-refractivity contribution is 9.10. The molecule has 0 radical (unpaired) electrons. The van der Waals surface area contributed by atoms with Crippen LogP contribution >= 0.6 is 15.9 Å². The molecule has 3 rings (SSSR count). The van der Waals surface area contributed by atoms with Crippen molar-refractivity contribution < 1.29 is 9.47 Å². The van der Waals surface area contributed by atoms with Gasteiger partial charge < -0.3 is 9.47 Å². The zero-order valence-corrected chi connectivity index (χ0v) is 13.7. The first-order valence-electron chi connectivity index (χ1n) is 7.08. The van der Waals surface area contributed by atoms with Gasteiger partial charge in [0.15, 0.2) is 11.5 Å². The van der Waals surface area contributed by atoms with Gasteiger partial charge in [-0.3, -0.25) is 0 Å². The summed E-state index contributed by atoms with van der Waals surface area (Å²) in [4.78, 5) is 9.05. The first kappa shape index (κ1) is 14.3. The smallest absolute Gasteiger partial charge is 0.161 e. The number of aromatic nitrogens is 2. The predicted octanol–water partition coefficient (Wildman–Crippen LogP) is 4.19. The van der Waals surface area contributed by atoms with Crippen molar-refractivity contribution in [3.63, 3.8) is 0 Å². The minimum atomic E-state index is 0.279. The molecule has 0 bridgehead atoms. The summed E-state index contributed by atoms with van der Waals surface area (Å²) >= 11 is 3.46. The van der Waals surface area contributed by atoms with Crippen molar-refractivity contribution in [2.75, 3.05) is 13.2 Å². The van der Waals surface area contributed by atoms with Crippen molar-refractivity contribution in [1.29, 1.82) is 0 Å². The first-order valence-corrected chi connectivity index (χ1v) is 7.87. The molecule has 0 saturated heterocycles. The van der Waals surface area contributed by atoms with Gasteiger partial charge in [-0.15, -0.1) is 0 Å². The maximum Gasteiger partial charge on any atom is 0.161 e. The van der Waals surface area contributed by atoms with E-state index in [9.17, 15) is 0 Å². The normalized spacial score (nSPS) is 14.1. The highest BCUT2D eigenvalue weighted by Crippen LogP contribution is 2.34. The SMILES string of the molecule is CC(C)c1nc(Br)cc(-c2ccc3c(c2)OCCCO3)n1. The van der Waals surface area contributed by atoms with Crippen LogP contribution in [0, 0.1) is 0 Å². The molecule has 5 heteroatoms. The number of halogens is 1. The molecule has 0 aliphatic carbocycles. The third kappa shape index (κ3) is 3.18. The van der Waals surface area contributed by atoms with Gasteiger partial charge in [-0.25, -0.2) is 9.97 Å². The lowest BCUT2D eigenvalue weighted by Gasteiger charge is -2.11. The fourth-order valence-electron chi connectivity index (χ4n) is 2.16. The summed E-state index contributed by atoms with van der Waals surface area (Å²) in [7, 11) is 0. The third-order valence-corrected chi connectivity index (χ3v) is 3.68. The van der Waals surface area contributed by atoms with E-state index in [1.165, 1.54) is 0 Å². The van der Waals surface area contributed by atoms with Crippen molar-refractivity contribution in [3.8, 4) is 22.8 Å². The van der Waals surface area contributed by atoms with Crippen LogP contribution in [-0.2, 0) is 0 Å². The molecule has 0 atom stereocenters. The number of hydrogen-bond donors (Lipinski definition) is 0. The maximum atomic E-state index is 5.74. The standard InChI is InChI=1S/C16H17BrN2O2/c1-10(2)16-18-12(9-15(17)19-16)11-4-5-13-14(8-11)21-7-3-6-20-13/h4-5,8-10H,3,6-7H2,1-2H3. The van der Waals surface area contributed by atoms with E-state index in [4.69, 9.17) is 9.47 Å². The topological polar surface area (TPSA) is 44.2 Å². The van der Waals surface area contributed by atoms with Gasteiger partial charge in [-0.2, -0.15) is 0 Å². The van der Waals surface area contributed by atoms with E-state index < -0.39 is 0 Å². The summed E-state index contributed by atoms with van der Waals surface area (Å²) in [6.45, 7) is 5.54. The van der Waals surface area contributed by atoms with E-state index in [0.29, 0.717) is 13.2 Å². The molecule has 1 aromatic carbocycles. The molecule has 4 nitrogen and oxygen atoms in total. The van der Waals surface area contributed by atoms with Gasteiger partial charge in [0, 0.05) is 17.9 Å². The van der Waals surface area contributed by atoms with Gasteiger partial charge in [0.05, 0.1) is 18.9 Å². The quantitative estimate of drug-likeness (QED) is 0.763. The average Bonchev–Trinajstić information content (AvgIpc) is 2.70. The minimum absolute atomic E-state index is 0.279. The van der Waals surface area contributed by atoms with E-state index in [0.717, 1.165) is 39.6 Å². The Morgan fingerprint density at radius 2 is 1.81 bits per heavy atom. The number of rotatable bonds is 2. The molecule has 1 aliphatic heterocycles. The Bertz CT molecular complexity index is 659. The van der Waals surface area contributed by atoms with Gasteiger partial charge in [0.1, 0.15) is 10.4 Å². The Balaban J connectivity index is 2.02. The molecule has 0 spiro atoms. The molecule has 1 aromatic heterocycles. The predicted molar refractivity (Wildman–Crippen MR) is 84.9 cm³/mol. The van der Waals surface area contributed by atoms with Crippen molar-refractivity contribution in [3.05, 3.63) is 34.7 Å². The van der Waals surface area contributed by atoms with Crippen LogP contribution in [0.3, 0.4) is 0 Å². The zero-order valence-electron chi connectivity index (χ0n) is 12.1. The highest BCUT2D eigenvalue weighted by Gasteiger charge is 2.13. The Labute approximate surface area is 132 Å². The molecular formula is C16H17BrN2O2. The lowest BCUT2D eigenvalue weighted by atomic mass is 10.1. The van der Waals surface area contributed by atoms with Crippen LogP contribution in [-0.4, -0.2) is 23.2 Å². The van der Waals surface area contributed by atoms with Crippen molar-refractivity contribution >= 4 is 15.9 Å². The molecule has 21 heavy (non-hydrogen) atoms. The molecular weight excluding hydrogens is 332 g/mol. The first-order chi connectivity index (χ1) is 10.1. The number of ether oxygens (including phenoxy) is 2. The number of nitrogens with zero attached hydrogens (tertiary/aromatic N) is 2. The molecule has 0 unspecified atom stereocenters. The summed E-state index contributed by atoms with van der Waals surface area (Å²) < 4.78 is 12.2. The molecule has 0 amide bonds. The van der Waals surface area contributed by atoms with E-state index in [1.807, 2.05) is 24.3 Å². The lowest BCUT2D eigenvalue weighted by Crippen LogP contribution is -2.00. The van der Waals surface area contributed by atoms with E-state index in [1.54, 1.807) is 0 Å². The summed E-state index contributed by atoms with van der Waals surface area (Å²) in [6, 6.07) is 7.86. The second-order valence-electron chi connectivity index (χ2n) is 5.30. The number of hydrogen-bond acceptors (Lipinski definition) is 4. The Hall–Kier alpha value is -1.62. The minimum Gasteiger partial charge on any atom is -0.490 e. The van der Waals surface area contributed by atoms with E-state index in [2.05, 4.69) is 39.7 Å². The second-order valence-corrected chi connectivity index (χ2v) is 6.11. The molecule has 0 fully saturated rings. The van der Waals surface area contributed by atoms with E-state index in [-0.39, 0.29) is 5.92 Å². The summed E-state index contributed by atoms with van der Waals surface area (Å²) in [6.07, 6.45) is 0.903. The maximum absolute atomic E-state index is 5.74. The summed E-state index contributed by atoms with van der Waals surface area (Å²) in [5.41, 5.74) is 1.89. The third-order valence-electron chi connectivity index (χ3n) is 3.27. The van der Waals surface area contributed by atoms with E-state index >= 15 is 0 Å². The lowest BCUT2D eigenvalue weighted by molar-refractivity contribution is 0.297. The van der Waals surface area contributed by atoms with Crippen molar-refractivity contribution in [2.24, 2.45) is 0 Å². The van der Waals surface area contributed by atoms with Crippen LogP contribution in [0.2, 0.25) is 0 Å². The van der Waals surface area contributed by atoms with Crippen LogP contribution < -0.4 is 9.47 Å². The molecule has 110 valence electrons. The van der Waals surface area contributed by atoms with Gasteiger partial charge in [0.2, 0.25) is 0 Å². The molecule has 2 heterocycles. The number of benzene rings is 1. The fraction of sp³-hybridized carbons (Fsp3) is 0.375. The van der Waals surface area contributed by atoms with Crippen molar-refractivity contribution in [2.45, 2.75) is 26.2 Å². The highest BCUT2D eigenvalue weighted by atomic mass is 79.9. The Morgan fingerprint density at radius 3 is 2.57 bits per heavy atom. The van der Waals surface area contributed by atoms with Gasteiger partial charge in [0.25, 0.3) is 0 Å². The number of fused-ring (bicyclic) bond motifs is 1. The van der Waals surface area contributed by atoms with Crippen LogP contribution in [0.25, 0.3) is 11.3 Å². The second kappa shape index (κ2) is 6.02. The molecule has 0 saturated carbocycles. The fourth-order valence-corrected chi connectivity index (χ4v) is 2.56. The molecule has 1 aliphatic rings. The Morgan fingerprint density at radius 1 is 1.05 bits per heavy atom. The van der Waals surface area contributed by atoms with Crippen LogP contribution in [0.5, 0.6) is 11.5 Å². The van der Waals surface area contributed by atoms with Gasteiger partial charge >= 0.3 is 0 Å². The Kier molecular flexibility index (Phi) is 4.10. The van der Waals surface area contributed by atoms with Gasteiger partial charge in [-0.05, 0) is 40.2 Å². The van der Waals surface area contributed by atoms with Crippen LogP contribution in [0.4, 0.5) is 0 Å². The summed E-state index contributed by atoms with van der Waals surface area (Å²) in [5.74, 6) is 2.69. The van der Waals surface area contributed by atoms with Crippen LogP contribution in [0.1, 0.15) is 32.0 Å². The average molecular weight is 349 g/mol. The van der Waals surface area contributed by atoms with Crippen molar-refractivity contribution in [1.82, 2.24) is 9.97 Å². The summed E-state index contributed by atoms with van der Waals surface area (Å²) in [5, 5.41) is 0. The van der Waals surface area contributed by atoms with Crippen LogP contribution in [0.15, 0.2) is 28.9 Å². The molecule has 2 aromatic rings.